The average Bonchev–Trinajstić information content (AvgIpc) is 1.80. The van der Waals surface area contributed by atoms with Gasteiger partial charge in [-0.2, -0.15) is 0 Å². The van der Waals surface area contributed by atoms with E-state index in [0.717, 1.165) is 12.5 Å². The Kier molecular flexibility index (Phi) is 6.97. The summed E-state index contributed by atoms with van der Waals surface area (Å²) in [7, 11) is 0. The molecule has 0 rings (SSSR count). The summed E-state index contributed by atoms with van der Waals surface area (Å²) >= 11 is -0.147. The van der Waals surface area contributed by atoms with E-state index in [2.05, 4.69) is 20.8 Å². The van der Waals surface area contributed by atoms with Crippen LogP contribution in [0, 0.1) is 5.92 Å². The average molecular weight is 144 g/mol. The van der Waals surface area contributed by atoms with Crippen molar-refractivity contribution in [3.63, 3.8) is 0 Å². The van der Waals surface area contributed by atoms with Gasteiger partial charge in [0.15, 0.2) is 0 Å². The molecule has 0 aliphatic heterocycles. The van der Waals surface area contributed by atoms with Gasteiger partial charge in [-0.05, 0) is 6.42 Å². The third kappa shape index (κ3) is 8.49. The van der Waals surface area contributed by atoms with Gasteiger partial charge in [0, 0.05) is 6.61 Å². The molecule has 2 heteroatoms. The molecule has 0 atom stereocenters. The summed E-state index contributed by atoms with van der Waals surface area (Å²) in [5.41, 5.74) is 0. The second-order valence-electron chi connectivity index (χ2n) is 2.79. The molecule has 9 heavy (non-hydrogen) atoms. The largest absolute Gasteiger partial charge is 0.503 e. The molecule has 0 aromatic heterocycles. The molecule has 0 amide bonds. The van der Waals surface area contributed by atoms with Crippen LogP contribution in [0.1, 0.15) is 27.2 Å². The molecule has 0 unspecified atom stereocenters. The highest BCUT2D eigenvalue weighted by Gasteiger charge is 1.97. The minimum atomic E-state index is -0.147. The van der Waals surface area contributed by atoms with Gasteiger partial charge < -0.3 is 3.79 Å². The van der Waals surface area contributed by atoms with Crippen molar-refractivity contribution in [1.82, 2.24) is 0 Å². The molecular weight excluding hydrogens is 127 g/mol. The summed E-state index contributed by atoms with van der Waals surface area (Å²) in [6.45, 7) is 7.65. The van der Waals surface area contributed by atoms with Crippen LogP contribution in [0.2, 0.25) is 5.28 Å². The lowest BCUT2D eigenvalue weighted by atomic mass is 10.3. The van der Waals surface area contributed by atoms with Crippen LogP contribution < -0.4 is 0 Å². The first-order chi connectivity index (χ1) is 4.27. The molecule has 0 saturated heterocycles. The summed E-state index contributed by atoms with van der Waals surface area (Å²) in [4.78, 5) is 0. The maximum atomic E-state index is 5.43. The van der Waals surface area contributed by atoms with E-state index in [-0.39, 0.29) is 15.6 Å². The normalized spacial score (nSPS) is 10.2. The molecule has 0 fully saturated rings. The van der Waals surface area contributed by atoms with Gasteiger partial charge in [-0.1, -0.05) is 32.0 Å². The van der Waals surface area contributed by atoms with Crippen molar-refractivity contribution in [2.45, 2.75) is 32.5 Å². The number of hydrogen-bond donors (Lipinski definition) is 0. The molecular formula is C7H17AlO. The third-order valence-electron chi connectivity index (χ3n) is 1.19. The van der Waals surface area contributed by atoms with E-state index in [1.807, 2.05) is 0 Å². The van der Waals surface area contributed by atoms with Crippen LogP contribution in [0.4, 0.5) is 0 Å². The smallest absolute Gasteiger partial charge is 0.435 e. The minimum absolute atomic E-state index is 0.147. The maximum Gasteiger partial charge on any atom is 0.435 e. The minimum Gasteiger partial charge on any atom is -0.503 e. The fourth-order valence-corrected chi connectivity index (χ4v) is 1.70. The Bertz CT molecular complexity index is 54.9. The predicted molar refractivity (Wildman–Crippen MR) is 43.0 cm³/mol. The molecule has 0 bridgehead atoms. The summed E-state index contributed by atoms with van der Waals surface area (Å²) in [6.07, 6.45) is 1.17. The van der Waals surface area contributed by atoms with Gasteiger partial charge in [0.25, 0.3) is 0 Å². The van der Waals surface area contributed by atoms with Crippen molar-refractivity contribution in [3.05, 3.63) is 0 Å². The molecule has 0 heterocycles. The van der Waals surface area contributed by atoms with Crippen LogP contribution in [0.15, 0.2) is 0 Å². The zero-order valence-electron chi connectivity index (χ0n) is 6.81. The van der Waals surface area contributed by atoms with Crippen molar-refractivity contribution in [1.29, 1.82) is 0 Å². The Balaban J connectivity index is 2.75. The fraction of sp³-hybridized carbons (Fsp3) is 1.00. The molecule has 0 aromatic rings. The number of hydrogen-bond acceptors (Lipinski definition) is 1. The van der Waals surface area contributed by atoms with Crippen LogP contribution in [0.5, 0.6) is 0 Å². The highest BCUT2D eigenvalue weighted by atomic mass is 27.1. The lowest BCUT2D eigenvalue weighted by Crippen LogP contribution is -2.02. The monoisotopic (exact) mass is 144 g/mol. The van der Waals surface area contributed by atoms with Crippen LogP contribution >= 0.6 is 0 Å². The van der Waals surface area contributed by atoms with Gasteiger partial charge in [-0.3, -0.25) is 0 Å². The van der Waals surface area contributed by atoms with Crippen molar-refractivity contribution in [2.75, 3.05) is 6.61 Å². The Morgan fingerprint density at radius 3 is 2.56 bits per heavy atom. The van der Waals surface area contributed by atoms with E-state index in [1.165, 1.54) is 11.7 Å². The first-order valence-electron chi connectivity index (χ1n) is 3.85. The van der Waals surface area contributed by atoms with Crippen LogP contribution in [0.3, 0.4) is 0 Å². The van der Waals surface area contributed by atoms with Crippen molar-refractivity contribution < 1.29 is 3.79 Å². The first-order valence-corrected chi connectivity index (χ1v) is 5.42. The molecule has 0 radical (unpaired) electrons. The van der Waals surface area contributed by atoms with Gasteiger partial charge in [0.1, 0.15) is 0 Å². The van der Waals surface area contributed by atoms with Gasteiger partial charge in [-0.25, -0.2) is 0 Å². The summed E-state index contributed by atoms with van der Waals surface area (Å²) in [6, 6.07) is 0. The van der Waals surface area contributed by atoms with E-state index in [4.69, 9.17) is 3.79 Å². The molecule has 0 aliphatic rings. The molecule has 1 nitrogen and oxygen atoms in total. The molecule has 0 N–H and O–H groups in total. The van der Waals surface area contributed by atoms with Crippen LogP contribution in [-0.2, 0) is 3.79 Å². The fourth-order valence-electron chi connectivity index (χ4n) is 0.565. The van der Waals surface area contributed by atoms with Crippen LogP contribution in [-0.4, -0.2) is 22.2 Å². The summed E-state index contributed by atoms with van der Waals surface area (Å²) < 4.78 is 5.43. The van der Waals surface area contributed by atoms with Crippen LogP contribution in [0.25, 0.3) is 0 Å². The maximum absolute atomic E-state index is 5.43. The Labute approximate surface area is 64.8 Å². The van der Waals surface area contributed by atoms with Crippen molar-refractivity contribution in [2.24, 2.45) is 5.92 Å². The predicted octanol–water partition coefficient (Wildman–Crippen LogP) is 1.84. The highest BCUT2D eigenvalue weighted by molar-refractivity contribution is 6.27. The topological polar surface area (TPSA) is 9.23 Å². The molecule has 0 spiro atoms. The second-order valence-corrected chi connectivity index (χ2v) is 4.19. The van der Waals surface area contributed by atoms with E-state index >= 15 is 0 Å². The Morgan fingerprint density at radius 1 is 1.44 bits per heavy atom. The van der Waals surface area contributed by atoms with Gasteiger partial charge >= 0.3 is 15.6 Å². The van der Waals surface area contributed by atoms with E-state index < -0.39 is 0 Å². The van der Waals surface area contributed by atoms with Crippen molar-refractivity contribution >= 4 is 15.6 Å². The quantitative estimate of drug-likeness (QED) is 0.422. The Morgan fingerprint density at radius 2 is 2.11 bits per heavy atom. The lowest BCUT2D eigenvalue weighted by molar-refractivity contribution is 0.332. The highest BCUT2D eigenvalue weighted by Crippen LogP contribution is 1.98. The SMILES string of the molecule is CCC[O][AlH][CH2]C(C)C. The Hall–Kier alpha value is 0.492. The molecule has 0 saturated carbocycles. The molecule has 0 aliphatic carbocycles. The van der Waals surface area contributed by atoms with E-state index in [1.54, 1.807) is 0 Å². The summed E-state index contributed by atoms with van der Waals surface area (Å²) in [5.74, 6) is 0.841. The van der Waals surface area contributed by atoms with E-state index in [0.29, 0.717) is 0 Å². The lowest BCUT2D eigenvalue weighted by Gasteiger charge is -2.01. The standard InChI is InChI=1S/C4H9.C3H7O.Al.H/c1-4(2)3;1-2-3-4;;/h4H,1H2,2-3H3;2-3H2,1H3;;/q;-1;+1;. The van der Waals surface area contributed by atoms with Gasteiger partial charge in [0.05, 0.1) is 0 Å². The van der Waals surface area contributed by atoms with Gasteiger partial charge in [-0.15, -0.1) is 0 Å². The third-order valence-corrected chi connectivity index (χ3v) is 3.16. The zero-order chi connectivity index (χ0) is 7.11. The van der Waals surface area contributed by atoms with Crippen molar-refractivity contribution in [3.8, 4) is 0 Å². The van der Waals surface area contributed by atoms with E-state index in [9.17, 15) is 0 Å². The summed E-state index contributed by atoms with van der Waals surface area (Å²) in [5, 5.41) is 1.33. The number of rotatable bonds is 5. The first kappa shape index (κ1) is 9.49. The zero-order valence-corrected chi connectivity index (χ0v) is 8.23. The molecule has 54 valence electrons. The second kappa shape index (κ2) is 6.61. The van der Waals surface area contributed by atoms with Gasteiger partial charge in [0.2, 0.25) is 0 Å². The molecule has 0 aromatic carbocycles.